The zero-order valence-electron chi connectivity index (χ0n) is 12.5. The van der Waals surface area contributed by atoms with Crippen LogP contribution in [0.1, 0.15) is 29.0 Å². The van der Waals surface area contributed by atoms with Crippen molar-refractivity contribution < 1.29 is 4.79 Å². The SMILES string of the molecule is Cc1cccc(CC(=O)N2CC[C@H](c3ccccc3)C2)c1. The van der Waals surface area contributed by atoms with Crippen molar-refractivity contribution in [1.82, 2.24) is 4.90 Å². The zero-order chi connectivity index (χ0) is 14.7. The predicted octanol–water partition coefficient (Wildman–Crippen LogP) is 3.55. The lowest BCUT2D eigenvalue weighted by molar-refractivity contribution is -0.129. The molecule has 2 heteroatoms. The molecule has 0 aliphatic carbocycles. The maximum atomic E-state index is 12.4. The van der Waals surface area contributed by atoms with Crippen molar-refractivity contribution in [2.24, 2.45) is 0 Å². The van der Waals surface area contributed by atoms with E-state index in [0.29, 0.717) is 12.3 Å². The highest BCUT2D eigenvalue weighted by molar-refractivity contribution is 5.79. The summed E-state index contributed by atoms with van der Waals surface area (Å²) in [4.78, 5) is 14.4. The van der Waals surface area contributed by atoms with Gasteiger partial charge in [0, 0.05) is 19.0 Å². The molecule has 1 saturated heterocycles. The Morgan fingerprint density at radius 3 is 2.71 bits per heavy atom. The first-order valence-electron chi connectivity index (χ1n) is 7.60. The van der Waals surface area contributed by atoms with E-state index in [4.69, 9.17) is 0 Å². The van der Waals surface area contributed by atoms with Crippen LogP contribution in [-0.2, 0) is 11.2 Å². The largest absolute Gasteiger partial charge is 0.342 e. The minimum atomic E-state index is 0.249. The molecule has 1 aliphatic heterocycles. The van der Waals surface area contributed by atoms with Gasteiger partial charge in [0.15, 0.2) is 0 Å². The van der Waals surface area contributed by atoms with Crippen molar-refractivity contribution in [3.8, 4) is 0 Å². The molecule has 1 atom stereocenters. The molecule has 0 radical (unpaired) electrons. The molecule has 0 spiro atoms. The van der Waals surface area contributed by atoms with Gasteiger partial charge < -0.3 is 4.90 Å². The van der Waals surface area contributed by atoms with Gasteiger partial charge in [0.05, 0.1) is 6.42 Å². The van der Waals surface area contributed by atoms with Gasteiger partial charge in [0.25, 0.3) is 0 Å². The molecular formula is C19H21NO. The lowest BCUT2D eigenvalue weighted by atomic mass is 9.99. The number of amides is 1. The monoisotopic (exact) mass is 279 g/mol. The maximum absolute atomic E-state index is 12.4. The molecule has 1 heterocycles. The predicted molar refractivity (Wildman–Crippen MR) is 85.3 cm³/mol. The number of benzene rings is 2. The molecule has 21 heavy (non-hydrogen) atoms. The van der Waals surface area contributed by atoms with Crippen molar-refractivity contribution >= 4 is 5.91 Å². The lowest BCUT2D eigenvalue weighted by Gasteiger charge is -2.17. The van der Waals surface area contributed by atoms with Gasteiger partial charge in [-0.05, 0) is 24.5 Å². The van der Waals surface area contributed by atoms with Crippen LogP contribution in [0.3, 0.4) is 0 Å². The first-order chi connectivity index (χ1) is 10.2. The minimum absolute atomic E-state index is 0.249. The van der Waals surface area contributed by atoms with E-state index in [9.17, 15) is 4.79 Å². The van der Waals surface area contributed by atoms with E-state index in [0.717, 1.165) is 25.1 Å². The molecule has 0 bridgehead atoms. The summed E-state index contributed by atoms with van der Waals surface area (Å²) in [6, 6.07) is 18.7. The van der Waals surface area contributed by atoms with E-state index in [1.165, 1.54) is 11.1 Å². The number of carbonyl (C=O) groups excluding carboxylic acids is 1. The third-order valence-corrected chi connectivity index (χ3v) is 4.25. The average Bonchev–Trinajstić information content (AvgIpc) is 2.98. The number of hydrogen-bond donors (Lipinski definition) is 0. The number of nitrogens with zero attached hydrogens (tertiary/aromatic N) is 1. The summed E-state index contributed by atoms with van der Waals surface area (Å²) in [6.45, 7) is 3.80. The quantitative estimate of drug-likeness (QED) is 0.841. The highest BCUT2D eigenvalue weighted by Crippen LogP contribution is 2.27. The highest BCUT2D eigenvalue weighted by atomic mass is 16.2. The fourth-order valence-corrected chi connectivity index (χ4v) is 3.09. The Morgan fingerprint density at radius 1 is 1.14 bits per heavy atom. The van der Waals surface area contributed by atoms with E-state index in [2.05, 4.69) is 43.3 Å². The van der Waals surface area contributed by atoms with Crippen LogP contribution >= 0.6 is 0 Å². The van der Waals surface area contributed by atoms with Gasteiger partial charge in [0.1, 0.15) is 0 Å². The Balaban J connectivity index is 1.62. The molecule has 0 unspecified atom stereocenters. The number of aryl methyl sites for hydroxylation is 1. The average molecular weight is 279 g/mol. The molecule has 108 valence electrons. The summed E-state index contributed by atoms with van der Waals surface area (Å²) in [5, 5.41) is 0. The summed E-state index contributed by atoms with van der Waals surface area (Å²) in [7, 11) is 0. The zero-order valence-corrected chi connectivity index (χ0v) is 12.5. The van der Waals surface area contributed by atoms with E-state index in [-0.39, 0.29) is 5.91 Å². The number of carbonyl (C=O) groups is 1. The van der Waals surface area contributed by atoms with E-state index >= 15 is 0 Å². The van der Waals surface area contributed by atoms with Crippen LogP contribution in [0.15, 0.2) is 54.6 Å². The van der Waals surface area contributed by atoms with Gasteiger partial charge in [0.2, 0.25) is 5.91 Å². The van der Waals surface area contributed by atoms with Crippen LogP contribution < -0.4 is 0 Å². The number of rotatable bonds is 3. The second-order valence-electron chi connectivity index (χ2n) is 5.90. The Labute approximate surface area is 126 Å². The second kappa shape index (κ2) is 6.13. The van der Waals surface area contributed by atoms with E-state index < -0.39 is 0 Å². The normalized spacial score (nSPS) is 18.0. The van der Waals surface area contributed by atoms with Crippen molar-refractivity contribution in [3.05, 3.63) is 71.3 Å². The standard InChI is InChI=1S/C19H21NO/c1-15-6-5-7-16(12-15)13-19(21)20-11-10-18(14-20)17-8-3-2-4-9-17/h2-9,12,18H,10-11,13-14H2,1H3/t18-/m0/s1. The second-order valence-corrected chi connectivity index (χ2v) is 5.90. The van der Waals surface area contributed by atoms with Gasteiger partial charge >= 0.3 is 0 Å². The maximum Gasteiger partial charge on any atom is 0.227 e. The molecule has 1 aliphatic rings. The van der Waals surface area contributed by atoms with Gasteiger partial charge in [-0.2, -0.15) is 0 Å². The summed E-state index contributed by atoms with van der Waals surface area (Å²) in [6.07, 6.45) is 1.59. The molecule has 1 fully saturated rings. The lowest BCUT2D eigenvalue weighted by Crippen LogP contribution is -2.29. The minimum Gasteiger partial charge on any atom is -0.342 e. The van der Waals surface area contributed by atoms with Crippen LogP contribution in [0.4, 0.5) is 0 Å². The first-order valence-corrected chi connectivity index (χ1v) is 7.60. The van der Waals surface area contributed by atoms with Gasteiger partial charge in [-0.1, -0.05) is 60.2 Å². The summed E-state index contributed by atoms with van der Waals surface area (Å²) in [5.41, 5.74) is 3.68. The van der Waals surface area contributed by atoms with Gasteiger partial charge in [-0.25, -0.2) is 0 Å². The summed E-state index contributed by atoms with van der Waals surface area (Å²) < 4.78 is 0. The fraction of sp³-hybridized carbons (Fsp3) is 0.316. The van der Waals surface area contributed by atoms with Crippen molar-refractivity contribution in [3.63, 3.8) is 0 Å². The first kappa shape index (κ1) is 13.9. The number of likely N-dealkylation sites (tertiary alicyclic amines) is 1. The van der Waals surface area contributed by atoms with Gasteiger partial charge in [-0.15, -0.1) is 0 Å². The Kier molecular flexibility index (Phi) is 4.05. The topological polar surface area (TPSA) is 20.3 Å². The summed E-state index contributed by atoms with van der Waals surface area (Å²) >= 11 is 0. The molecule has 0 saturated carbocycles. The Morgan fingerprint density at radius 2 is 1.95 bits per heavy atom. The van der Waals surface area contributed by atoms with Crippen LogP contribution in [0.25, 0.3) is 0 Å². The third kappa shape index (κ3) is 3.33. The molecule has 1 amide bonds. The van der Waals surface area contributed by atoms with Crippen molar-refractivity contribution in [1.29, 1.82) is 0 Å². The van der Waals surface area contributed by atoms with Crippen LogP contribution in [0.5, 0.6) is 0 Å². The molecule has 2 aromatic carbocycles. The summed E-state index contributed by atoms with van der Waals surface area (Å²) in [5.74, 6) is 0.742. The highest BCUT2D eigenvalue weighted by Gasteiger charge is 2.26. The molecule has 3 rings (SSSR count). The molecule has 0 aromatic heterocycles. The van der Waals surface area contributed by atoms with Crippen LogP contribution in [-0.4, -0.2) is 23.9 Å². The number of hydrogen-bond acceptors (Lipinski definition) is 1. The molecule has 2 aromatic rings. The van der Waals surface area contributed by atoms with E-state index in [1.807, 2.05) is 23.1 Å². The van der Waals surface area contributed by atoms with Crippen LogP contribution in [0.2, 0.25) is 0 Å². The van der Waals surface area contributed by atoms with Gasteiger partial charge in [-0.3, -0.25) is 4.79 Å². The Bertz CT molecular complexity index is 620. The fourth-order valence-electron chi connectivity index (χ4n) is 3.09. The van der Waals surface area contributed by atoms with Crippen molar-refractivity contribution in [2.45, 2.75) is 25.7 Å². The smallest absolute Gasteiger partial charge is 0.227 e. The molecule has 2 nitrogen and oxygen atoms in total. The molecular weight excluding hydrogens is 258 g/mol. The van der Waals surface area contributed by atoms with Crippen LogP contribution in [0, 0.1) is 6.92 Å². The Hall–Kier alpha value is -2.09. The van der Waals surface area contributed by atoms with Crippen molar-refractivity contribution in [2.75, 3.05) is 13.1 Å². The molecule has 0 N–H and O–H groups in total. The van der Waals surface area contributed by atoms with E-state index in [1.54, 1.807) is 0 Å². The third-order valence-electron chi connectivity index (χ3n) is 4.25.